The van der Waals surface area contributed by atoms with Crippen molar-refractivity contribution in [1.82, 2.24) is 10.1 Å². The zero-order valence-electron chi connectivity index (χ0n) is 13.8. The molecule has 0 radical (unpaired) electrons. The van der Waals surface area contributed by atoms with Crippen LogP contribution in [0.3, 0.4) is 0 Å². The normalized spacial score (nSPS) is 12.9. The molecular formula is C17H21ClN2O3. The molecule has 23 heavy (non-hydrogen) atoms. The van der Waals surface area contributed by atoms with Crippen LogP contribution in [0.15, 0.2) is 28.8 Å². The third kappa shape index (κ3) is 4.10. The molecule has 0 aliphatic carbocycles. The van der Waals surface area contributed by atoms with Gasteiger partial charge in [-0.3, -0.25) is 4.79 Å². The van der Waals surface area contributed by atoms with Gasteiger partial charge in [0, 0.05) is 10.9 Å². The lowest BCUT2D eigenvalue weighted by Crippen LogP contribution is -2.31. The first-order chi connectivity index (χ1) is 10.8. The summed E-state index contributed by atoms with van der Waals surface area (Å²) >= 11 is 5.89. The fourth-order valence-corrected chi connectivity index (χ4v) is 2.28. The van der Waals surface area contributed by atoms with Gasteiger partial charge in [0.15, 0.2) is 5.82 Å². The molecule has 0 fully saturated rings. The van der Waals surface area contributed by atoms with E-state index in [4.69, 9.17) is 20.9 Å². The van der Waals surface area contributed by atoms with Crippen molar-refractivity contribution in [3.05, 3.63) is 46.6 Å². The van der Waals surface area contributed by atoms with E-state index in [1.54, 1.807) is 20.8 Å². The molecular weight excluding hydrogens is 316 g/mol. The van der Waals surface area contributed by atoms with Crippen molar-refractivity contribution in [2.24, 2.45) is 0 Å². The number of ether oxygens (including phenoxy) is 1. The monoisotopic (exact) mass is 336 g/mol. The molecule has 1 aromatic carbocycles. The van der Waals surface area contributed by atoms with E-state index >= 15 is 0 Å². The first-order valence-electron chi connectivity index (χ1n) is 7.60. The summed E-state index contributed by atoms with van der Waals surface area (Å²) in [5.74, 6) is 0.536. The van der Waals surface area contributed by atoms with E-state index in [1.165, 1.54) is 0 Å². The molecule has 2 rings (SSSR count). The summed E-state index contributed by atoms with van der Waals surface area (Å²) in [7, 11) is 0. The SMILES string of the molecule is CCOC(=O)C(C)(C)c1nc([C@@H](C)Cc2ccc(Cl)cc2)no1. The number of esters is 1. The van der Waals surface area contributed by atoms with Gasteiger partial charge in [-0.05, 0) is 44.9 Å². The predicted octanol–water partition coefficient (Wildman–Crippen LogP) is 3.91. The molecule has 1 aromatic heterocycles. The average molecular weight is 337 g/mol. The highest BCUT2D eigenvalue weighted by atomic mass is 35.5. The van der Waals surface area contributed by atoms with Crippen LogP contribution in [0.25, 0.3) is 0 Å². The highest BCUT2D eigenvalue weighted by Gasteiger charge is 2.37. The Kier molecular flexibility index (Phi) is 5.42. The molecule has 0 N–H and O–H groups in total. The Morgan fingerprint density at radius 3 is 2.61 bits per heavy atom. The molecule has 0 aliphatic heterocycles. The summed E-state index contributed by atoms with van der Waals surface area (Å²) in [6, 6.07) is 7.66. The maximum Gasteiger partial charge on any atom is 0.321 e. The number of halogens is 1. The van der Waals surface area contributed by atoms with Crippen LogP contribution in [-0.4, -0.2) is 22.7 Å². The fourth-order valence-electron chi connectivity index (χ4n) is 2.15. The lowest BCUT2D eigenvalue weighted by Gasteiger charge is -2.17. The maximum absolute atomic E-state index is 12.0. The second-order valence-corrected chi connectivity index (χ2v) is 6.47. The quantitative estimate of drug-likeness (QED) is 0.748. The van der Waals surface area contributed by atoms with Crippen LogP contribution < -0.4 is 0 Å². The Balaban J connectivity index is 2.11. The van der Waals surface area contributed by atoms with E-state index in [0.717, 1.165) is 12.0 Å². The highest BCUT2D eigenvalue weighted by molar-refractivity contribution is 6.30. The molecule has 0 aliphatic rings. The van der Waals surface area contributed by atoms with Gasteiger partial charge in [0.25, 0.3) is 0 Å². The van der Waals surface area contributed by atoms with Crippen LogP contribution >= 0.6 is 11.6 Å². The molecule has 0 spiro atoms. The Bertz CT molecular complexity index is 665. The van der Waals surface area contributed by atoms with Crippen LogP contribution in [0.4, 0.5) is 0 Å². The predicted molar refractivity (Wildman–Crippen MR) is 87.5 cm³/mol. The van der Waals surface area contributed by atoms with E-state index in [-0.39, 0.29) is 17.8 Å². The Morgan fingerprint density at radius 1 is 1.35 bits per heavy atom. The van der Waals surface area contributed by atoms with E-state index in [0.29, 0.717) is 17.5 Å². The minimum atomic E-state index is -0.957. The summed E-state index contributed by atoms with van der Waals surface area (Å²) < 4.78 is 10.4. The van der Waals surface area contributed by atoms with Gasteiger partial charge in [-0.25, -0.2) is 0 Å². The van der Waals surface area contributed by atoms with Gasteiger partial charge in [-0.15, -0.1) is 0 Å². The van der Waals surface area contributed by atoms with Crippen molar-refractivity contribution in [3.63, 3.8) is 0 Å². The van der Waals surface area contributed by atoms with Gasteiger partial charge in [-0.2, -0.15) is 4.98 Å². The number of nitrogens with zero attached hydrogens (tertiary/aromatic N) is 2. The molecule has 0 unspecified atom stereocenters. The van der Waals surface area contributed by atoms with E-state index in [2.05, 4.69) is 10.1 Å². The van der Waals surface area contributed by atoms with E-state index in [1.807, 2.05) is 31.2 Å². The summed E-state index contributed by atoms with van der Waals surface area (Å²) in [6.45, 7) is 7.52. The van der Waals surface area contributed by atoms with Gasteiger partial charge in [-0.1, -0.05) is 35.8 Å². The Morgan fingerprint density at radius 2 is 2.00 bits per heavy atom. The molecule has 1 heterocycles. The van der Waals surface area contributed by atoms with Gasteiger partial charge >= 0.3 is 5.97 Å². The van der Waals surface area contributed by atoms with E-state index in [9.17, 15) is 4.79 Å². The van der Waals surface area contributed by atoms with Crippen LogP contribution in [0.5, 0.6) is 0 Å². The first-order valence-corrected chi connectivity index (χ1v) is 7.98. The largest absolute Gasteiger partial charge is 0.465 e. The van der Waals surface area contributed by atoms with Crippen molar-refractivity contribution in [1.29, 1.82) is 0 Å². The zero-order valence-corrected chi connectivity index (χ0v) is 14.6. The topological polar surface area (TPSA) is 65.2 Å². The van der Waals surface area contributed by atoms with Crippen molar-refractivity contribution in [2.75, 3.05) is 6.61 Å². The molecule has 5 nitrogen and oxygen atoms in total. The second kappa shape index (κ2) is 7.13. The third-order valence-corrected chi connectivity index (χ3v) is 3.91. The molecule has 124 valence electrons. The Hall–Kier alpha value is -1.88. The maximum atomic E-state index is 12.0. The number of rotatable bonds is 6. The number of benzene rings is 1. The van der Waals surface area contributed by atoms with Crippen LogP contribution in [-0.2, 0) is 21.4 Å². The minimum Gasteiger partial charge on any atom is -0.465 e. The number of hydrogen-bond donors (Lipinski definition) is 0. The molecule has 0 saturated carbocycles. The summed E-state index contributed by atoms with van der Waals surface area (Å²) in [6.07, 6.45) is 0.760. The van der Waals surface area contributed by atoms with Crippen LogP contribution in [0.1, 0.15) is 50.9 Å². The number of carbonyl (C=O) groups is 1. The fraction of sp³-hybridized carbons (Fsp3) is 0.471. The van der Waals surface area contributed by atoms with Crippen molar-refractivity contribution in [2.45, 2.75) is 45.4 Å². The second-order valence-electron chi connectivity index (χ2n) is 6.03. The van der Waals surface area contributed by atoms with Crippen molar-refractivity contribution < 1.29 is 14.1 Å². The van der Waals surface area contributed by atoms with Crippen molar-refractivity contribution >= 4 is 17.6 Å². The van der Waals surface area contributed by atoms with Gasteiger partial charge in [0.05, 0.1) is 6.61 Å². The number of carbonyl (C=O) groups excluding carboxylic acids is 1. The number of aromatic nitrogens is 2. The molecule has 0 bridgehead atoms. The Labute approximate surface area is 141 Å². The standard InChI is InChI=1S/C17H21ClN2O3/c1-5-22-16(21)17(3,4)15-19-14(20-23-15)11(2)10-12-6-8-13(18)9-7-12/h6-9,11H,5,10H2,1-4H3/t11-/m0/s1. The smallest absolute Gasteiger partial charge is 0.321 e. The third-order valence-electron chi connectivity index (χ3n) is 3.66. The van der Waals surface area contributed by atoms with Crippen LogP contribution in [0.2, 0.25) is 5.02 Å². The molecule has 6 heteroatoms. The minimum absolute atomic E-state index is 0.0617. The summed E-state index contributed by atoms with van der Waals surface area (Å²) in [5, 5.41) is 4.73. The van der Waals surface area contributed by atoms with Gasteiger partial charge in [0.2, 0.25) is 5.89 Å². The molecule has 0 amide bonds. The van der Waals surface area contributed by atoms with Crippen molar-refractivity contribution in [3.8, 4) is 0 Å². The number of hydrogen-bond acceptors (Lipinski definition) is 5. The van der Waals surface area contributed by atoms with E-state index < -0.39 is 5.41 Å². The van der Waals surface area contributed by atoms with Gasteiger partial charge in [0.1, 0.15) is 5.41 Å². The molecule has 0 saturated heterocycles. The lowest BCUT2D eigenvalue weighted by atomic mass is 9.93. The summed E-state index contributed by atoms with van der Waals surface area (Å²) in [4.78, 5) is 16.4. The molecule has 2 aromatic rings. The van der Waals surface area contributed by atoms with Crippen LogP contribution in [0, 0.1) is 0 Å². The first kappa shape index (κ1) is 17.5. The molecule has 1 atom stereocenters. The lowest BCUT2D eigenvalue weighted by molar-refractivity contribution is -0.149. The average Bonchev–Trinajstić information content (AvgIpc) is 3.00. The van der Waals surface area contributed by atoms with Gasteiger partial charge < -0.3 is 9.26 Å². The zero-order chi connectivity index (χ0) is 17.0. The highest BCUT2D eigenvalue weighted by Crippen LogP contribution is 2.26. The summed E-state index contributed by atoms with van der Waals surface area (Å²) in [5.41, 5.74) is 0.180.